The number of nitrogens with one attached hydrogen (secondary N) is 2. The van der Waals surface area contributed by atoms with Gasteiger partial charge in [0.25, 0.3) is 0 Å². The summed E-state index contributed by atoms with van der Waals surface area (Å²) in [5, 5.41) is 2.53. The number of nitrogens with two attached hydrogens (primary N) is 1. The second kappa shape index (κ2) is 6.59. The highest BCUT2D eigenvalue weighted by atomic mass is 32.2. The van der Waals surface area contributed by atoms with E-state index in [1.54, 1.807) is 14.1 Å². The predicted octanol–water partition coefficient (Wildman–Crippen LogP) is -1.86. The normalized spacial score (nSPS) is 11.1. The highest BCUT2D eigenvalue weighted by Crippen LogP contribution is 1.80. The summed E-state index contributed by atoms with van der Waals surface area (Å²) >= 11 is 0. The van der Waals surface area contributed by atoms with Crippen LogP contribution in [0.1, 0.15) is 0 Å². The van der Waals surface area contributed by atoms with Gasteiger partial charge in [-0.25, -0.2) is 17.9 Å². The Balaban J connectivity index is 3.68. The van der Waals surface area contributed by atoms with Crippen LogP contribution in [0.4, 0.5) is 4.79 Å². The minimum atomic E-state index is -3.29. The number of carbonyl (C=O) groups excluding carboxylic acids is 1. The van der Waals surface area contributed by atoms with Crippen LogP contribution in [0.2, 0.25) is 0 Å². The Morgan fingerprint density at radius 2 is 1.93 bits per heavy atom. The van der Waals surface area contributed by atoms with Gasteiger partial charge in [0.15, 0.2) is 0 Å². The van der Waals surface area contributed by atoms with Crippen LogP contribution in [0.25, 0.3) is 0 Å². The first-order chi connectivity index (χ1) is 6.89. The fourth-order valence-electron chi connectivity index (χ4n) is 0.761. The quantitative estimate of drug-likeness (QED) is 0.472. The predicted molar refractivity (Wildman–Crippen MR) is 57.9 cm³/mol. The third kappa shape index (κ3) is 7.11. The molecule has 2 amide bonds. The van der Waals surface area contributed by atoms with Crippen LogP contribution in [-0.2, 0) is 10.0 Å². The topological polar surface area (TPSA) is 105 Å². The number of hydrogen-bond donors (Lipinski definition) is 3. The highest BCUT2D eigenvalue weighted by molar-refractivity contribution is 7.89. The molecule has 0 aliphatic heterocycles. The van der Waals surface area contributed by atoms with E-state index < -0.39 is 10.0 Å². The van der Waals surface area contributed by atoms with E-state index in [0.29, 0.717) is 0 Å². The second-order valence-corrected chi connectivity index (χ2v) is 5.05. The highest BCUT2D eigenvalue weighted by Gasteiger charge is 2.07. The molecule has 4 N–H and O–H groups in total. The maximum Gasteiger partial charge on any atom is 0.316 e. The monoisotopic (exact) mass is 238 g/mol. The lowest BCUT2D eigenvalue weighted by Gasteiger charge is -2.12. The van der Waals surface area contributed by atoms with E-state index in [0.717, 1.165) is 0 Å². The van der Waals surface area contributed by atoms with Crippen molar-refractivity contribution in [3.05, 3.63) is 0 Å². The van der Waals surface area contributed by atoms with E-state index in [1.807, 2.05) is 0 Å². The van der Waals surface area contributed by atoms with Crippen molar-refractivity contribution < 1.29 is 13.2 Å². The smallest absolute Gasteiger partial charge is 0.316 e. The molecule has 0 heterocycles. The molecule has 7 nitrogen and oxygen atoms in total. The van der Waals surface area contributed by atoms with Gasteiger partial charge < -0.3 is 16.0 Å². The van der Waals surface area contributed by atoms with Crippen LogP contribution in [-0.4, -0.2) is 58.8 Å². The van der Waals surface area contributed by atoms with Crippen LogP contribution in [0, 0.1) is 0 Å². The molecular weight excluding hydrogens is 220 g/mol. The van der Waals surface area contributed by atoms with Gasteiger partial charge in [-0.05, 0) is 0 Å². The molecule has 0 saturated carbocycles. The maximum absolute atomic E-state index is 11.1. The molecule has 0 aromatic carbocycles. The molecule has 0 aromatic rings. The van der Waals surface area contributed by atoms with Gasteiger partial charge in [0.05, 0.1) is 5.75 Å². The standard InChI is InChI=1S/C7H18N4O3S/c1-11(2)7(12)9-4-5-10-15(13,14)6-3-8/h10H,3-6,8H2,1-2H3,(H,9,12). The summed E-state index contributed by atoms with van der Waals surface area (Å²) in [6, 6.07) is -0.256. The van der Waals surface area contributed by atoms with Gasteiger partial charge in [0.1, 0.15) is 0 Å². The lowest BCUT2D eigenvalue weighted by atomic mass is 10.6. The number of nitrogens with zero attached hydrogens (tertiary/aromatic N) is 1. The number of carbonyl (C=O) groups is 1. The first-order valence-corrected chi connectivity index (χ1v) is 6.17. The minimum absolute atomic E-state index is 0.0827. The number of urea groups is 1. The van der Waals surface area contributed by atoms with Crippen molar-refractivity contribution in [2.75, 3.05) is 39.5 Å². The molecule has 0 atom stereocenters. The molecule has 0 bridgehead atoms. The first kappa shape index (κ1) is 14.1. The number of hydrogen-bond acceptors (Lipinski definition) is 4. The van der Waals surface area contributed by atoms with Gasteiger partial charge in [0, 0.05) is 33.7 Å². The molecule has 0 spiro atoms. The third-order valence-corrected chi connectivity index (χ3v) is 2.93. The summed E-state index contributed by atoms with van der Waals surface area (Å²) in [7, 11) is -0.0796. The van der Waals surface area contributed by atoms with E-state index in [9.17, 15) is 13.2 Å². The zero-order chi connectivity index (χ0) is 11.9. The molecule has 0 aliphatic carbocycles. The van der Waals surface area contributed by atoms with Crippen molar-refractivity contribution in [3.8, 4) is 0 Å². The van der Waals surface area contributed by atoms with E-state index >= 15 is 0 Å². The Labute approximate surface area is 90.1 Å². The number of sulfonamides is 1. The molecule has 0 unspecified atom stereocenters. The van der Waals surface area contributed by atoms with Crippen molar-refractivity contribution >= 4 is 16.1 Å². The molecule has 0 aliphatic rings. The lowest BCUT2D eigenvalue weighted by Crippen LogP contribution is -2.40. The second-order valence-electron chi connectivity index (χ2n) is 3.13. The molecular formula is C7H18N4O3S. The van der Waals surface area contributed by atoms with E-state index in [1.165, 1.54) is 4.90 Å². The fraction of sp³-hybridized carbons (Fsp3) is 0.857. The maximum atomic E-state index is 11.1. The van der Waals surface area contributed by atoms with Crippen molar-refractivity contribution in [1.29, 1.82) is 0 Å². The van der Waals surface area contributed by atoms with Gasteiger partial charge in [0.2, 0.25) is 10.0 Å². The van der Waals surface area contributed by atoms with Gasteiger partial charge in [-0.1, -0.05) is 0 Å². The van der Waals surface area contributed by atoms with Crippen molar-refractivity contribution in [1.82, 2.24) is 14.9 Å². The van der Waals surface area contributed by atoms with Crippen LogP contribution in [0.5, 0.6) is 0 Å². The summed E-state index contributed by atoms with van der Waals surface area (Å²) in [5.41, 5.74) is 5.11. The molecule has 0 aromatic heterocycles. The first-order valence-electron chi connectivity index (χ1n) is 4.51. The Bertz CT molecular complexity index is 289. The summed E-state index contributed by atoms with van der Waals surface area (Å²) in [6.07, 6.45) is 0. The van der Waals surface area contributed by atoms with Gasteiger partial charge in [-0.15, -0.1) is 0 Å². The van der Waals surface area contributed by atoms with Crippen LogP contribution < -0.4 is 15.8 Å². The third-order valence-electron chi connectivity index (χ3n) is 1.52. The molecule has 90 valence electrons. The zero-order valence-electron chi connectivity index (χ0n) is 8.99. The molecule has 0 fully saturated rings. The SMILES string of the molecule is CN(C)C(=O)NCCNS(=O)(=O)CCN. The summed E-state index contributed by atoms with van der Waals surface area (Å²) in [4.78, 5) is 12.4. The van der Waals surface area contributed by atoms with Crippen LogP contribution in [0.3, 0.4) is 0 Å². The number of amides is 2. The summed E-state index contributed by atoms with van der Waals surface area (Å²) in [6.45, 7) is 0.502. The largest absolute Gasteiger partial charge is 0.337 e. The van der Waals surface area contributed by atoms with E-state index in [2.05, 4.69) is 10.0 Å². The van der Waals surface area contributed by atoms with Gasteiger partial charge in [-0.3, -0.25) is 0 Å². The summed E-state index contributed by atoms with van der Waals surface area (Å²) < 4.78 is 24.5. The van der Waals surface area contributed by atoms with Gasteiger partial charge >= 0.3 is 6.03 Å². The molecule has 8 heteroatoms. The van der Waals surface area contributed by atoms with Crippen molar-refractivity contribution in [2.24, 2.45) is 5.73 Å². The molecule has 0 rings (SSSR count). The van der Waals surface area contributed by atoms with Crippen LogP contribution in [0.15, 0.2) is 0 Å². The average molecular weight is 238 g/mol. The fourth-order valence-corrected chi connectivity index (χ4v) is 1.63. The molecule has 0 radical (unpaired) electrons. The zero-order valence-corrected chi connectivity index (χ0v) is 9.80. The van der Waals surface area contributed by atoms with E-state index in [-0.39, 0.29) is 31.4 Å². The van der Waals surface area contributed by atoms with Crippen molar-refractivity contribution in [3.63, 3.8) is 0 Å². The average Bonchev–Trinajstić information content (AvgIpc) is 2.11. The minimum Gasteiger partial charge on any atom is -0.337 e. The lowest BCUT2D eigenvalue weighted by molar-refractivity contribution is 0.217. The Hall–Kier alpha value is -0.860. The van der Waals surface area contributed by atoms with Gasteiger partial charge in [-0.2, -0.15) is 0 Å². The summed E-state index contributed by atoms with van der Waals surface area (Å²) in [5.74, 6) is -0.103. The molecule has 15 heavy (non-hydrogen) atoms. The Kier molecular flexibility index (Phi) is 6.21. The Morgan fingerprint density at radius 1 is 1.33 bits per heavy atom. The van der Waals surface area contributed by atoms with Crippen molar-refractivity contribution in [2.45, 2.75) is 0 Å². The van der Waals surface area contributed by atoms with Crippen LogP contribution >= 0.6 is 0 Å². The number of rotatable bonds is 6. The van der Waals surface area contributed by atoms with E-state index in [4.69, 9.17) is 5.73 Å². The molecule has 0 saturated heterocycles. The Morgan fingerprint density at radius 3 is 2.40 bits per heavy atom.